The lowest BCUT2D eigenvalue weighted by atomic mass is 9.99. The summed E-state index contributed by atoms with van der Waals surface area (Å²) in [6.07, 6.45) is 0. The third-order valence-electron chi connectivity index (χ3n) is 4.82. The first-order valence-corrected chi connectivity index (χ1v) is 9.82. The fourth-order valence-electron chi connectivity index (χ4n) is 3.49. The first-order valence-electron chi connectivity index (χ1n) is 7.52. The van der Waals surface area contributed by atoms with Crippen molar-refractivity contribution in [2.24, 2.45) is 16.9 Å². The Bertz CT molecular complexity index is 849. The number of hydrogen-bond donors (Lipinski definition) is 2. The standard InChI is InChI=1S/C17H18Cl2N2O2S/c18-12-4-6-14(7-5-12)24(22,23)16-15(17(16,9-20)10-21)11-2-1-3-13(19)8-11/h1-8,15-16H,9-10,20-21H2/t15-,16-/m0/s1. The Hall–Kier alpha value is -1.11. The quantitative estimate of drug-likeness (QED) is 0.829. The molecule has 2 aromatic carbocycles. The second-order valence-corrected chi connectivity index (χ2v) is 9.04. The highest BCUT2D eigenvalue weighted by molar-refractivity contribution is 7.92. The minimum absolute atomic E-state index is 0.193. The first-order chi connectivity index (χ1) is 11.4. The molecule has 0 radical (unpaired) electrons. The summed E-state index contributed by atoms with van der Waals surface area (Å²) in [5.74, 6) is -0.271. The Morgan fingerprint density at radius 1 is 0.958 bits per heavy atom. The Labute approximate surface area is 151 Å². The summed E-state index contributed by atoms with van der Waals surface area (Å²) in [5.41, 5.74) is 12.0. The number of halogens is 2. The highest BCUT2D eigenvalue weighted by Crippen LogP contribution is 2.63. The minimum Gasteiger partial charge on any atom is -0.330 e. The molecule has 1 saturated carbocycles. The van der Waals surface area contributed by atoms with Crippen LogP contribution in [0.5, 0.6) is 0 Å². The lowest BCUT2D eigenvalue weighted by molar-refractivity contribution is 0.510. The number of sulfone groups is 1. The minimum atomic E-state index is -3.59. The molecule has 0 heterocycles. The van der Waals surface area contributed by atoms with Crippen LogP contribution in [-0.2, 0) is 9.84 Å². The van der Waals surface area contributed by atoms with Crippen molar-refractivity contribution in [3.63, 3.8) is 0 Å². The van der Waals surface area contributed by atoms with Crippen molar-refractivity contribution in [2.45, 2.75) is 16.1 Å². The third-order valence-corrected chi connectivity index (χ3v) is 7.65. The summed E-state index contributed by atoms with van der Waals surface area (Å²) in [6, 6.07) is 13.4. The van der Waals surface area contributed by atoms with E-state index >= 15 is 0 Å². The van der Waals surface area contributed by atoms with Crippen LogP contribution in [0.2, 0.25) is 10.0 Å². The van der Waals surface area contributed by atoms with Crippen LogP contribution < -0.4 is 11.5 Å². The van der Waals surface area contributed by atoms with E-state index in [1.165, 1.54) is 12.1 Å². The summed E-state index contributed by atoms with van der Waals surface area (Å²) in [7, 11) is -3.59. The maximum absolute atomic E-state index is 13.1. The number of benzene rings is 2. The zero-order valence-corrected chi connectivity index (χ0v) is 15.2. The van der Waals surface area contributed by atoms with Crippen LogP contribution in [0.1, 0.15) is 11.5 Å². The van der Waals surface area contributed by atoms with Gasteiger partial charge in [0.15, 0.2) is 9.84 Å². The Morgan fingerprint density at radius 2 is 1.58 bits per heavy atom. The van der Waals surface area contributed by atoms with Gasteiger partial charge in [0.05, 0.1) is 10.1 Å². The molecule has 24 heavy (non-hydrogen) atoms. The second kappa shape index (κ2) is 6.32. The van der Waals surface area contributed by atoms with Crippen molar-refractivity contribution in [2.75, 3.05) is 13.1 Å². The molecule has 2 atom stereocenters. The van der Waals surface area contributed by atoms with Crippen molar-refractivity contribution in [1.29, 1.82) is 0 Å². The van der Waals surface area contributed by atoms with Gasteiger partial charge < -0.3 is 11.5 Å². The van der Waals surface area contributed by atoms with E-state index in [1.807, 2.05) is 6.07 Å². The summed E-state index contributed by atoms with van der Waals surface area (Å²) in [6.45, 7) is 0.385. The maximum atomic E-state index is 13.1. The van der Waals surface area contributed by atoms with Gasteiger partial charge in [-0.05, 0) is 42.0 Å². The molecule has 7 heteroatoms. The molecule has 3 rings (SSSR count). The molecular weight excluding hydrogens is 367 g/mol. The molecule has 0 bridgehead atoms. The molecular formula is C17H18Cl2N2O2S. The molecule has 2 aromatic rings. The lowest BCUT2D eigenvalue weighted by Gasteiger charge is -2.13. The van der Waals surface area contributed by atoms with Crippen molar-refractivity contribution in [1.82, 2.24) is 0 Å². The van der Waals surface area contributed by atoms with Gasteiger partial charge in [0.25, 0.3) is 0 Å². The van der Waals surface area contributed by atoms with Crippen LogP contribution in [-0.4, -0.2) is 26.8 Å². The Balaban J connectivity index is 2.06. The van der Waals surface area contributed by atoms with Crippen molar-refractivity contribution < 1.29 is 8.42 Å². The predicted octanol–water partition coefficient (Wildman–Crippen LogP) is 2.84. The van der Waals surface area contributed by atoms with Gasteiger partial charge >= 0.3 is 0 Å². The zero-order valence-electron chi connectivity index (χ0n) is 12.8. The van der Waals surface area contributed by atoms with Crippen molar-refractivity contribution in [3.05, 3.63) is 64.1 Å². The average molecular weight is 385 g/mol. The second-order valence-electron chi connectivity index (χ2n) is 6.09. The van der Waals surface area contributed by atoms with E-state index in [0.29, 0.717) is 10.0 Å². The Kier molecular flexibility index (Phi) is 4.66. The molecule has 1 fully saturated rings. The average Bonchev–Trinajstić information content (AvgIpc) is 3.26. The van der Waals surface area contributed by atoms with E-state index < -0.39 is 20.5 Å². The molecule has 4 nitrogen and oxygen atoms in total. The van der Waals surface area contributed by atoms with Gasteiger partial charge in [-0.2, -0.15) is 0 Å². The molecule has 1 aliphatic rings. The maximum Gasteiger partial charge on any atom is 0.182 e. The predicted molar refractivity (Wildman–Crippen MR) is 97.2 cm³/mol. The van der Waals surface area contributed by atoms with Crippen LogP contribution in [0.3, 0.4) is 0 Å². The normalized spacial score (nSPS) is 22.3. The van der Waals surface area contributed by atoms with Crippen LogP contribution in [0, 0.1) is 5.41 Å². The van der Waals surface area contributed by atoms with Gasteiger partial charge in [-0.1, -0.05) is 35.3 Å². The lowest BCUT2D eigenvalue weighted by Crippen LogP contribution is -2.31. The molecule has 0 saturated heterocycles. The van der Waals surface area contributed by atoms with E-state index in [-0.39, 0.29) is 23.9 Å². The van der Waals surface area contributed by atoms with E-state index in [0.717, 1.165) is 5.56 Å². The van der Waals surface area contributed by atoms with Gasteiger partial charge in [0.2, 0.25) is 0 Å². The summed E-state index contributed by atoms with van der Waals surface area (Å²) in [4.78, 5) is 0.229. The molecule has 0 unspecified atom stereocenters. The molecule has 0 amide bonds. The fraction of sp³-hybridized carbons (Fsp3) is 0.294. The van der Waals surface area contributed by atoms with E-state index in [4.69, 9.17) is 34.7 Å². The fourth-order valence-corrected chi connectivity index (χ4v) is 6.29. The monoisotopic (exact) mass is 384 g/mol. The van der Waals surface area contributed by atoms with Crippen LogP contribution in [0.25, 0.3) is 0 Å². The SMILES string of the molecule is NCC1(CN)[C@@H](c2cccc(Cl)c2)[C@@H]1S(=O)(=O)c1ccc(Cl)cc1. The molecule has 1 aliphatic carbocycles. The molecule has 0 spiro atoms. The number of hydrogen-bond acceptors (Lipinski definition) is 4. The highest BCUT2D eigenvalue weighted by atomic mass is 35.5. The Morgan fingerprint density at radius 3 is 2.12 bits per heavy atom. The number of rotatable bonds is 5. The van der Waals surface area contributed by atoms with Crippen molar-refractivity contribution in [3.8, 4) is 0 Å². The molecule has 0 aliphatic heterocycles. The van der Waals surface area contributed by atoms with Gasteiger partial charge in [-0.15, -0.1) is 0 Å². The van der Waals surface area contributed by atoms with E-state index in [1.54, 1.807) is 30.3 Å². The first kappa shape index (κ1) is 17.7. The van der Waals surface area contributed by atoms with Crippen LogP contribution >= 0.6 is 23.2 Å². The largest absolute Gasteiger partial charge is 0.330 e. The summed E-state index contributed by atoms with van der Waals surface area (Å²) >= 11 is 11.9. The molecule has 4 N–H and O–H groups in total. The van der Waals surface area contributed by atoms with Gasteiger partial charge in [0, 0.05) is 34.5 Å². The smallest absolute Gasteiger partial charge is 0.182 e. The van der Waals surface area contributed by atoms with Gasteiger partial charge in [-0.25, -0.2) is 8.42 Å². The number of nitrogens with two attached hydrogens (primary N) is 2. The van der Waals surface area contributed by atoms with Crippen LogP contribution in [0.4, 0.5) is 0 Å². The van der Waals surface area contributed by atoms with Gasteiger partial charge in [0.1, 0.15) is 0 Å². The van der Waals surface area contributed by atoms with Crippen molar-refractivity contribution >= 4 is 33.0 Å². The summed E-state index contributed by atoms with van der Waals surface area (Å²) in [5, 5.41) is 0.379. The highest BCUT2D eigenvalue weighted by Gasteiger charge is 2.69. The van der Waals surface area contributed by atoms with Crippen LogP contribution in [0.15, 0.2) is 53.4 Å². The molecule has 128 valence electrons. The topological polar surface area (TPSA) is 86.2 Å². The summed E-state index contributed by atoms with van der Waals surface area (Å²) < 4.78 is 26.2. The van der Waals surface area contributed by atoms with E-state index in [9.17, 15) is 8.42 Å². The third kappa shape index (κ3) is 2.74. The van der Waals surface area contributed by atoms with E-state index in [2.05, 4.69) is 0 Å². The zero-order chi connectivity index (χ0) is 17.5. The molecule has 0 aromatic heterocycles. The van der Waals surface area contributed by atoms with Gasteiger partial charge in [-0.3, -0.25) is 0 Å².